The van der Waals surface area contributed by atoms with Crippen LogP contribution in [0.25, 0.3) is 0 Å². The van der Waals surface area contributed by atoms with Crippen molar-refractivity contribution in [3.63, 3.8) is 0 Å². The molecule has 2 nitrogen and oxygen atoms in total. The van der Waals surface area contributed by atoms with Crippen molar-refractivity contribution in [2.45, 2.75) is 38.1 Å². The van der Waals surface area contributed by atoms with Gasteiger partial charge in [-0.2, -0.15) is 0 Å². The highest BCUT2D eigenvalue weighted by atomic mass is 15.3. The molecule has 2 heteroatoms. The predicted molar refractivity (Wildman–Crippen MR) is 58.4 cm³/mol. The second-order valence-corrected chi connectivity index (χ2v) is 5.34. The Hall–Kier alpha value is -0.0800. The van der Waals surface area contributed by atoms with Crippen LogP contribution in [0.4, 0.5) is 0 Å². The second kappa shape index (κ2) is 3.21. The van der Waals surface area contributed by atoms with Gasteiger partial charge in [0.15, 0.2) is 0 Å². The van der Waals surface area contributed by atoms with Crippen LogP contribution in [-0.2, 0) is 0 Å². The molecular formula is C12H22N2. The van der Waals surface area contributed by atoms with Crippen LogP contribution in [0.1, 0.15) is 32.6 Å². The van der Waals surface area contributed by atoms with Crippen molar-refractivity contribution in [3.05, 3.63) is 0 Å². The normalized spacial score (nSPS) is 47.8. The van der Waals surface area contributed by atoms with Gasteiger partial charge < -0.3 is 4.90 Å². The van der Waals surface area contributed by atoms with Crippen LogP contribution < -0.4 is 0 Å². The molecule has 0 N–H and O–H groups in total. The monoisotopic (exact) mass is 194 g/mol. The highest BCUT2D eigenvalue weighted by molar-refractivity contribution is 5.07. The molecule has 14 heavy (non-hydrogen) atoms. The van der Waals surface area contributed by atoms with Crippen molar-refractivity contribution in [2.75, 3.05) is 32.7 Å². The molecule has 2 bridgehead atoms. The topological polar surface area (TPSA) is 6.48 Å². The average molecular weight is 194 g/mol. The maximum absolute atomic E-state index is 2.78. The van der Waals surface area contributed by atoms with Crippen molar-refractivity contribution in [1.82, 2.24) is 9.80 Å². The average Bonchev–Trinajstić information content (AvgIpc) is 2.62. The lowest BCUT2D eigenvalue weighted by atomic mass is 9.71. The summed E-state index contributed by atoms with van der Waals surface area (Å²) in [5.74, 6) is 1.02. The fourth-order valence-electron chi connectivity index (χ4n) is 4.22. The molecule has 4 heterocycles. The molecule has 4 saturated heterocycles. The number of hydrogen-bond acceptors (Lipinski definition) is 2. The zero-order chi connectivity index (χ0) is 9.60. The Balaban J connectivity index is 1.88. The first-order valence-corrected chi connectivity index (χ1v) is 6.32. The van der Waals surface area contributed by atoms with E-state index in [4.69, 9.17) is 0 Å². The van der Waals surface area contributed by atoms with Gasteiger partial charge in [-0.25, -0.2) is 0 Å². The van der Waals surface area contributed by atoms with Gasteiger partial charge in [-0.15, -0.1) is 0 Å². The van der Waals surface area contributed by atoms with Crippen molar-refractivity contribution in [2.24, 2.45) is 5.92 Å². The Morgan fingerprint density at radius 3 is 2.57 bits per heavy atom. The van der Waals surface area contributed by atoms with E-state index in [1.54, 1.807) is 0 Å². The molecule has 0 saturated carbocycles. The van der Waals surface area contributed by atoms with Gasteiger partial charge in [0.25, 0.3) is 0 Å². The molecule has 0 aromatic rings. The van der Waals surface area contributed by atoms with E-state index in [2.05, 4.69) is 16.7 Å². The molecule has 0 radical (unpaired) electrons. The van der Waals surface area contributed by atoms with E-state index in [1.165, 1.54) is 58.4 Å². The highest BCUT2D eigenvalue weighted by Gasteiger charge is 2.51. The van der Waals surface area contributed by atoms with Gasteiger partial charge in [0, 0.05) is 12.1 Å². The highest BCUT2D eigenvalue weighted by Crippen LogP contribution is 2.45. The standard InChI is InChI=1S/C12H22N2/c1-2-14-7-3-6-12(14)10-13-8-4-11(12)5-9-13/h11H,2-10H2,1H3. The summed E-state index contributed by atoms with van der Waals surface area (Å²) in [7, 11) is 0. The number of likely N-dealkylation sites (tertiary alicyclic amines) is 1. The molecule has 4 aliphatic rings. The predicted octanol–water partition coefficient (Wildman–Crippen LogP) is 1.57. The molecule has 0 amide bonds. The van der Waals surface area contributed by atoms with E-state index in [9.17, 15) is 0 Å². The molecular weight excluding hydrogens is 172 g/mol. The van der Waals surface area contributed by atoms with Gasteiger partial charge in [0.2, 0.25) is 0 Å². The molecule has 0 aromatic carbocycles. The SMILES string of the molecule is CCN1CCCC12CN1CCC2CC1. The zero-order valence-electron chi connectivity index (χ0n) is 9.34. The van der Waals surface area contributed by atoms with E-state index >= 15 is 0 Å². The van der Waals surface area contributed by atoms with Gasteiger partial charge in [0.05, 0.1) is 0 Å². The van der Waals surface area contributed by atoms with E-state index in [1.807, 2.05) is 0 Å². The van der Waals surface area contributed by atoms with Crippen LogP contribution in [0.5, 0.6) is 0 Å². The van der Waals surface area contributed by atoms with Crippen molar-refractivity contribution in [1.29, 1.82) is 0 Å². The second-order valence-electron chi connectivity index (χ2n) is 5.34. The van der Waals surface area contributed by atoms with Crippen LogP contribution in [0, 0.1) is 5.92 Å². The number of rotatable bonds is 1. The van der Waals surface area contributed by atoms with Gasteiger partial charge >= 0.3 is 0 Å². The number of piperidine rings is 3. The lowest BCUT2D eigenvalue weighted by molar-refractivity contribution is -0.0487. The molecule has 0 aliphatic carbocycles. The Kier molecular flexibility index (Phi) is 2.10. The summed E-state index contributed by atoms with van der Waals surface area (Å²) in [6.07, 6.45) is 5.85. The van der Waals surface area contributed by atoms with Crippen LogP contribution in [0.2, 0.25) is 0 Å². The summed E-state index contributed by atoms with van der Waals surface area (Å²) in [6.45, 7) is 9.11. The molecule has 1 spiro atoms. The Bertz CT molecular complexity index is 220. The summed E-state index contributed by atoms with van der Waals surface area (Å²) in [4.78, 5) is 5.48. The summed E-state index contributed by atoms with van der Waals surface area (Å²) in [5.41, 5.74) is 0.616. The Labute approximate surface area is 87.3 Å². The quantitative estimate of drug-likeness (QED) is 0.625. The first kappa shape index (κ1) is 9.17. The van der Waals surface area contributed by atoms with Crippen molar-refractivity contribution < 1.29 is 0 Å². The summed E-state index contributed by atoms with van der Waals surface area (Å²) < 4.78 is 0. The number of likely N-dealkylation sites (N-methyl/N-ethyl adjacent to an activating group) is 1. The molecule has 4 rings (SSSR count). The maximum atomic E-state index is 2.78. The third-order valence-electron chi connectivity index (χ3n) is 4.89. The first-order chi connectivity index (χ1) is 6.85. The minimum Gasteiger partial charge on any atom is -0.301 e. The van der Waals surface area contributed by atoms with Gasteiger partial charge in [-0.05, 0) is 57.8 Å². The van der Waals surface area contributed by atoms with E-state index in [0.29, 0.717) is 5.54 Å². The van der Waals surface area contributed by atoms with Gasteiger partial charge in [-0.1, -0.05) is 6.92 Å². The molecule has 80 valence electrons. The third kappa shape index (κ3) is 1.10. The van der Waals surface area contributed by atoms with Crippen molar-refractivity contribution in [3.8, 4) is 0 Å². The lowest BCUT2D eigenvalue weighted by Crippen LogP contribution is -2.64. The number of fused-ring (bicyclic) bond motifs is 2. The van der Waals surface area contributed by atoms with Gasteiger partial charge in [0.1, 0.15) is 0 Å². The third-order valence-corrected chi connectivity index (χ3v) is 4.89. The summed E-state index contributed by atoms with van der Waals surface area (Å²) >= 11 is 0. The first-order valence-electron chi connectivity index (χ1n) is 6.32. The zero-order valence-corrected chi connectivity index (χ0v) is 9.34. The molecule has 1 unspecified atom stereocenters. The van der Waals surface area contributed by atoms with Crippen LogP contribution in [0.3, 0.4) is 0 Å². The largest absolute Gasteiger partial charge is 0.301 e. The van der Waals surface area contributed by atoms with Crippen LogP contribution >= 0.6 is 0 Å². The minimum absolute atomic E-state index is 0.616. The Morgan fingerprint density at radius 2 is 2.00 bits per heavy atom. The van der Waals surface area contributed by atoms with E-state index < -0.39 is 0 Å². The van der Waals surface area contributed by atoms with E-state index in [0.717, 1.165) is 5.92 Å². The van der Waals surface area contributed by atoms with Crippen LogP contribution in [-0.4, -0.2) is 48.1 Å². The van der Waals surface area contributed by atoms with Gasteiger partial charge in [-0.3, -0.25) is 4.90 Å². The smallest absolute Gasteiger partial charge is 0.0365 e. The number of nitrogens with zero attached hydrogens (tertiary/aromatic N) is 2. The maximum Gasteiger partial charge on any atom is 0.0365 e. The van der Waals surface area contributed by atoms with Crippen molar-refractivity contribution >= 4 is 0 Å². The lowest BCUT2D eigenvalue weighted by Gasteiger charge is -2.55. The molecule has 0 aromatic heterocycles. The Morgan fingerprint density at radius 1 is 1.21 bits per heavy atom. The fraction of sp³-hybridized carbons (Fsp3) is 1.00. The molecule has 1 atom stereocenters. The van der Waals surface area contributed by atoms with Crippen LogP contribution in [0.15, 0.2) is 0 Å². The molecule has 4 aliphatic heterocycles. The minimum atomic E-state index is 0.616. The summed E-state index contributed by atoms with van der Waals surface area (Å²) in [5, 5.41) is 0. The summed E-state index contributed by atoms with van der Waals surface area (Å²) in [6, 6.07) is 0. The number of hydrogen-bond donors (Lipinski definition) is 0. The fourth-order valence-corrected chi connectivity index (χ4v) is 4.22. The molecule has 4 fully saturated rings. The van der Waals surface area contributed by atoms with E-state index in [-0.39, 0.29) is 0 Å².